The Morgan fingerprint density at radius 3 is 2.76 bits per heavy atom. The third-order valence-electron chi connectivity index (χ3n) is 3.41. The Labute approximate surface area is 127 Å². The van der Waals surface area contributed by atoms with Crippen LogP contribution in [-0.4, -0.2) is 22.9 Å². The molecule has 1 aromatic heterocycles. The van der Waals surface area contributed by atoms with Crippen LogP contribution in [0, 0.1) is 0 Å². The van der Waals surface area contributed by atoms with Crippen LogP contribution in [0.15, 0.2) is 36.7 Å². The average Bonchev–Trinajstić information content (AvgIpc) is 2.97. The van der Waals surface area contributed by atoms with Gasteiger partial charge in [-0.25, -0.2) is 0 Å². The standard InChI is InChI=1S/C17H25N3O/c1-4-10-18-17(15-12-19-20(5-2)13-15)14-8-7-9-16(11-14)21-6-3/h7-9,11-13,17-18H,4-6,10H2,1-3H3. The van der Waals surface area contributed by atoms with E-state index in [0.29, 0.717) is 6.61 Å². The first-order valence-corrected chi connectivity index (χ1v) is 7.77. The van der Waals surface area contributed by atoms with E-state index in [0.717, 1.165) is 25.3 Å². The smallest absolute Gasteiger partial charge is 0.119 e. The lowest BCUT2D eigenvalue weighted by Gasteiger charge is -2.18. The van der Waals surface area contributed by atoms with E-state index in [9.17, 15) is 0 Å². The van der Waals surface area contributed by atoms with E-state index in [-0.39, 0.29) is 6.04 Å². The number of hydrogen-bond donors (Lipinski definition) is 1. The highest BCUT2D eigenvalue weighted by Crippen LogP contribution is 2.25. The van der Waals surface area contributed by atoms with Gasteiger partial charge in [-0.15, -0.1) is 0 Å². The Morgan fingerprint density at radius 2 is 2.10 bits per heavy atom. The molecule has 1 aromatic carbocycles. The summed E-state index contributed by atoms with van der Waals surface area (Å²) in [4.78, 5) is 0. The lowest BCUT2D eigenvalue weighted by molar-refractivity contribution is 0.339. The van der Waals surface area contributed by atoms with E-state index in [1.165, 1.54) is 11.1 Å². The average molecular weight is 287 g/mol. The van der Waals surface area contributed by atoms with Crippen LogP contribution in [0.4, 0.5) is 0 Å². The molecule has 1 atom stereocenters. The molecule has 0 aliphatic rings. The van der Waals surface area contributed by atoms with E-state index in [2.05, 4.69) is 42.6 Å². The Bertz CT molecular complexity index is 550. The van der Waals surface area contributed by atoms with Crippen molar-refractivity contribution in [2.45, 2.75) is 39.8 Å². The summed E-state index contributed by atoms with van der Waals surface area (Å²) in [6.07, 6.45) is 5.16. The van der Waals surface area contributed by atoms with Gasteiger partial charge in [0.05, 0.1) is 18.8 Å². The molecule has 1 N–H and O–H groups in total. The molecule has 1 heterocycles. The first-order chi connectivity index (χ1) is 10.3. The molecular formula is C17H25N3O. The largest absolute Gasteiger partial charge is 0.494 e. The van der Waals surface area contributed by atoms with Crippen LogP contribution in [0.5, 0.6) is 5.75 Å². The van der Waals surface area contributed by atoms with Crippen molar-refractivity contribution in [1.29, 1.82) is 0 Å². The van der Waals surface area contributed by atoms with Crippen LogP contribution in [0.2, 0.25) is 0 Å². The van der Waals surface area contributed by atoms with Crippen molar-refractivity contribution < 1.29 is 4.74 Å². The van der Waals surface area contributed by atoms with E-state index >= 15 is 0 Å². The highest BCUT2D eigenvalue weighted by atomic mass is 16.5. The molecule has 0 bridgehead atoms. The van der Waals surface area contributed by atoms with Crippen molar-refractivity contribution in [2.24, 2.45) is 0 Å². The van der Waals surface area contributed by atoms with Crippen molar-refractivity contribution >= 4 is 0 Å². The summed E-state index contributed by atoms with van der Waals surface area (Å²) in [5, 5.41) is 7.99. The summed E-state index contributed by atoms with van der Waals surface area (Å²) in [7, 11) is 0. The maximum absolute atomic E-state index is 5.61. The van der Waals surface area contributed by atoms with Gasteiger partial charge in [-0.2, -0.15) is 5.10 Å². The van der Waals surface area contributed by atoms with Crippen molar-refractivity contribution in [3.8, 4) is 5.75 Å². The van der Waals surface area contributed by atoms with Gasteiger partial charge in [-0.05, 0) is 44.5 Å². The quantitative estimate of drug-likeness (QED) is 0.809. The molecule has 114 valence electrons. The number of benzene rings is 1. The predicted octanol–water partition coefficient (Wildman–Crippen LogP) is 3.39. The fourth-order valence-electron chi connectivity index (χ4n) is 2.37. The van der Waals surface area contributed by atoms with Gasteiger partial charge in [0.25, 0.3) is 0 Å². The predicted molar refractivity (Wildman–Crippen MR) is 85.6 cm³/mol. The molecule has 0 amide bonds. The Kier molecular flexibility index (Phi) is 5.81. The maximum Gasteiger partial charge on any atom is 0.119 e. The van der Waals surface area contributed by atoms with Crippen LogP contribution < -0.4 is 10.1 Å². The summed E-state index contributed by atoms with van der Waals surface area (Å²) in [5.74, 6) is 0.918. The van der Waals surface area contributed by atoms with E-state index < -0.39 is 0 Å². The fraction of sp³-hybridized carbons (Fsp3) is 0.471. The SMILES string of the molecule is CCCNC(c1cccc(OCC)c1)c1cnn(CC)c1. The normalized spacial score (nSPS) is 12.3. The zero-order valence-corrected chi connectivity index (χ0v) is 13.2. The molecule has 1 unspecified atom stereocenters. The highest BCUT2D eigenvalue weighted by Gasteiger charge is 2.15. The molecule has 0 fully saturated rings. The summed E-state index contributed by atoms with van der Waals surface area (Å²) in [6, 6.07) is 8.45. The van der Waals surface area contributed by atoms with Crippen LogP contribution in [0.25, 0.3) is 0 Å². The van der Waals surface area contributed by atoms with Crippen LogP contribution in [-0.2, 0) is 6.54 Å². The van der Waals surface area contributed by atoms with Gasteiger partial charge in [-0.1, -0.05) is 19.1 Å². The zero-order chi connectivity index (χ0) is 15.1. The van der Waals surface area contributed by atoms with Crippen molar-refractivity contribution in [2.75, 3.05) is 13.2 Å². The minimum absolute atomic E-state index is 0.158. The van der Waals surface area contributed by atoms with Crippen molar-refractivity contribution in [3.63, 3.8) is 0 Å². The monoisotopic (exact) mass is 287 g/mol. The Hall–Kier alpha value is -1.81. The second-order valence-corrected chi connectivity index (χ2v) is 5.02. The van der Waals surface area contributed by atoms with Gasteiger partial charge in [0.2, 0.25) is 0 Å². The van der Waals surface area contributed by atoms with Gasteiger partial charge in [0.15, 0.2) is 0 Å². The second kappa shape index (κ2) is 7.84. The fourth-order valence-corrected chi connectivity index (χ4v) is 2.37. The summed E-state index contributed by atoms with van der Waals surface area (Å²) in [5.41, 5.74) is 2.41. The number of nitrogens with zero attached hydrogens (tertiary/aromatic N) is 2. The minimum Gasteiger partial charge on any atom is -0.494 e. The summed E-state index contributed by atoms with van der Waals surface area (Å²) >= 11 is 0. The van der Waals surface area contributed by atoms with Crippen LogP contribution >= 0.6 is 0 Å². The number of rotatable bonds is 8. The molecule has 0 saturated carbocycles. The van der Waals surface area contributed by atoms with Crippen molar-refractivity contribution in [1.82, 2.24) is 15.1 Å². The Balaban J connectivity index is 2.28. The highest BCUT2D eigenvalue weighted by molar-refractivity contribution is 5.35. The van der Waals surface area contributed by atoms with Gasteiger partial charge in [0.1, 0.15) is 5.75 Å². The molecule has 2 rings (SSSR count). The number of ether oxygens (including phenoxy) is 1. The van der Waals surface area contributed by atoms with Crippen molar-refractivity contribution in [3.05, 3.63) is 47.8 Å². The van der Waals surface area contributed by atoms with Gasteiger partial charge in [0, 0.05) is 18.3 Å². The molecule has 4 nitrogen and oxygen atoms in total. The minimum atomic E-state index is 0.158. The first-order valence-electron chi connectivity index (χ1n) is 7.77. The molecular weight excluding hydrogens is 262 g/mol. The molecule has 2 aromatic rings. The first kappa shape index (κ1) is 15.6. The van der Waals surface area contributed by atoms with E-state index in [1.807, 2.05) is 29.9 Å². The van der Waals surface area contributed by atoms with E-state index in [1.54, 1.807) is 0 Å². The van der Waals surface area contributed by atoms with Crippen LogP contribution in [0.3, 0.4) is 0 Å². The topological polar surface area (TPSA) is 39.1 Å². The molecule has 0 spiro atoms. The molecule has 0 saturated heterocycles. The Morgan fingerprint density at radius 1 is 1.24 bits per heavy atom. The number of hydrogen-bond acceptors (Lipinski definition) is 3. The number of aryl methyl sites for hydroxylation is 1. The third-order valence-corrected chi connectivity index (χ3v) is 3.41. The van der Waals surface area contributed by atoms with Gasteiger partial charge < -0.3 is 10.1 Å². The number of nitrogens with one attached hydrogen (secondary N) is 1. The van der Waals surface area contributed by atoms with Crippen LogP contribution in [0.1, 0.15) is 44.4 Å². The summed E-state index contributed by atoms with van der Waals surface area (Å²) in [6.45, 7) is 8.83. The molecule has 21 heavy (non-hydrogen) atoms. The number of aromatic nitrogens is 2. The third kappa shape index (κ3) is 4.08. The maximum atomic E-state index is 5.61. The zero-order valence-electron chi connectivity index (χ0n) is 13.2. The van der Waals surface area contributed by atoms with Gasteiger partial charge >= 0.3 is 0 Å². The second-order valence-electron chi connectivity index (χ2n) is 5.02. The molecule has 0 radical (unpaired) electrons. The summed E-state index contributed by atoms with van der Waals surface area (Å²) < 4.78 is 7.58. The van der Waals surface area contributed by atoms with Gasteiger partial charge in [-0.3, -0.25) is 4.68 Å². The lowest BCUT2D eigenvalue weighted by Crippen LogP contribution is -2.23. The molecule has 0 aliphatic heterocycles. The molecule has 4 heteroatoms. The van der Waals surface area contributed by atoms with E-state index in [4.69, 9.17) is 4.74 Å². The lowest BCUT2D eigenvalue weighted by atomic mass is 10.0. The molecule has 0 aliphatic carbocycles.